The van der Waals surface area contributed by atoms with E-state index < -0.39 is 0 Å². The van der Waals surface area contributed by atoms with Gasteiger partial charge in [-0.1, -0.05) is 11.6 Å². The fourth-order valence-corrected chi connectivity index (χ4v) is 2.29. The van der Waals surface area contributed by atoms with Crippen LogP contribution in [0.15, 0.2) is 4.52 Å². The average Bonchev–Trinajstić information content (AvgIpc) is 2.85. The minimum Gasteiger partial charge on any atom is -0.339 e. The van der Waals surface area contributed by atoms with E-state index in [1.54, 1.807) is 0 Å². The van der Waals surface area contributed by atoms with Crippen molar-refractivity contribution in [2.45, 2.75) is 45.1 Å². The third-order valence-electron chi connectivity index (χ3n) is 3.58. The van der Waals surface area contributed by atoms with Crippen LogP contribution in [-0.2, 0) is 12.8 Å². The van der Waals surface area contributed by atoms with E-state index >= 15 is 0 Å². The molecule has 0 aromatic carbocycles. The maximum absolute atomic E-state index is 5.29. The van der Waals surface area contributed by atoms with Gasteiger partial charge in [-0.2, -0.15) is 4.98 Å². The lowest BCUT2D eigenvalue weighted by molar-refractivity contribution is 0.223. The van der Waals surface area contributed by atoms with Gasteiger partial charge in [-0.3, -0.25) is 0 Å². The molecular formula is C13H24N4O. The normalized spacial score (nSPS) is 19.0. The fraction of sp³-hybridized carbons (Fsp3) is 0.846. The third kappa shape index (κ3) is 4.07. The molecule has 18 heavy (non-hydrogen) atoms. The van der Waals surface area contributed by atoms with Crippen molar-refractivity contribution in [3.63, 3.8) is 0 Å². The van der Waals surface area contributed by atoms with E-state index in [2.05, 4.69) is 27.3 Å². The molecule has 2 heterocycles. The van der Waals surface area contributed by atoms with Gasteiger partial charge in [-0.15, -0.1) is 0 Å². The van der Waals surface area contributed by atoms with Crippen LogP contribution in [0, 0.1) is 0 Å². The zero-order chi connectivity index (χ0) is 12.8. The van der Waals surface area contributed by atoms with Crippen molar-refractivity contribution in [1.29, 1.82) is 0 Å². The number of piperidine rings is 1. The Morgan fingerprint density at radius 3 is 2.83 bits per heavy atom. The zero-order valence-electron chi connectivity index (χ0n) is 11.5. The molecule has 5 heteroatoms. The van der Waals surface area contributed by atoms with Crippen LogP contribution in [0.25, 0.3) is 0 Å². The minimum absolute atomic E-state index is 0.387. The molecule has 5 nitrogen and oxygen atoms in total. The quantitative estimate of drug-likeness (QED) is 0.825. The van der Waals surface area contributed by atoms with Gasteiger partial charge in [0.2, 0.25) is 5.89 Å². The summed E-state index contributed by atoms with van der Waals surface area (Å²) >= 11 is 0. The standard InChI is InChI=1S/C13H24N4O/c1-11(14-2)10-12-15-13(18-16-12)6-9-17-7-4-3-5-8-17/h11,14H,3-10H2,1-2H3. The molecule has 2 rings (SSSR count). The van der Waals surface area contributed by atoms with Gasteiger partial charge in [0.1, 0.15) is 0 Å². The maximum Gasteiger partial charge on any atom is 0.227 e. The van der Waals surface area contributed by atoms with Gasteiger partial charge in [-0.05, 0) is 39.9 Å². The summed E-state index contributed by atoms with van der Waals surface area (Å²) in [4.78, 5) is 6.93. The molecule has 1 aliphatic heterocycles. The van der Waals surface area contributed by atoms with Gasteiger partial charge in [0.05, 0.1) is 0 Å². The second-order valence-corrected chi connectivity index (χ2v) is 5.15. The number of hydrogen-bond donors (Lipinski definition) is 1. The monoisotopic (exact) mass is 252 g/mol. The summed E-state index contributed by atoms with van der Waals surface area (Å²) in [6.45, 7) is 5.60. The Hall–Kier alpha value is -0.940. The Kier molecular flexibility index (Phi) is 5.13. The lowest BCUT2D eigenvalue weighted by Crippen LogP contribution is -2.31. The van der Waals surface area contributed by atoms with Gasteiger partial charge in [0, 0.05) is 25.4 Å². The summed E-state index contributed by atoms with van der Waals surface area (Å²) in [6, 6.07) is 0.387. The van der Waals surface area contributed by atoms with E-state index in [9.17, 15) is 0 Å². The van der Waals surface area contributed by atoms with Crippen molar-refractivity contribution in [2.75, 3.05) is 26.7 Å². The number of rotatable bonds is 6. The summed E-state index contributed by atoms with van der Waals surface area (Å²) < 4.78 is 5.29. The summed E-state index contributed by atoms with van der Waals surface area (Å²) in [6.07, 6.45) is 5.73. The Labute approximate surface area is 109 Å². The Morgan fingerprint density at radius 2 is 2.11 bits per heavy atom. The molecule has 1 fully saturated rings. The Bertz CT molecular complexity index is 347. The predicted octanol–water partition coefficient (Wildman–Crippen LogP) is 1.25. The minimum atomic E-state index is 0.387. The maximum atomic E-state index is 5.29. The molecule has 102 valence electrons. The van der Waals surface area contributed by atoms with Crippen LogP contribution in [0.5, 0.6) is 0 Å². The van der Waals surface area contributed by atoms with Crippen molar-refractivity contribution in [3.05, 3.63) is 11.7 Å². The van der Waals surface area contributed by atoms with Crippen molar-refractivity contribution < 1.29 is 4.52 Å². The molecule has 1 saturated heterocycles. The first-order valence-corrected chi connectivity index (χ1v) is 6.99. The Morgan fingerprint density at radius 1 is 1.33 bits per heavy atom. The highest BCUT2D eigenvalue weighted by molar-refractivity contribution is 4.90. The highest BCUT2D eigenvalue weighted by Gasteiger charge is 2.13. The van der Waals surface area contributed by atoms with Gasteiger partial charge >= 0.3 is 0 Å². The van der Waals surface area contributed by atoms with E-state index in [1.807, 2.05) is 7.05 Å². The average molecular weight is 252 g/mol. The van der Waals surface area contributed by atoms with E-state index in [0.717, 1.165) is 31.1 Å². The van der Waals surface area contributed by atoms with Crippen LogP contribution >= 0.6 is 0 Å². The van der Waals surface area contributed by atoms with Crippen LogP contribution < -0.4 is 5.32 Å². The third-order valence-corrected chi connectivity index (χ3v) is 3.58. The lowest BCUT2D eigenvalue weighted by atomic mass is 10.1. The molecular weight excluding hydrogens is 228 g/mol. The topological polar surface area (TPSA) is 54.2 Å². The van der Waals surface area contributed by atoms with Crippen molar-refractivity contribution in [2.24, 2.45) is 0 Å². The summed E-state index contributed by atoms with van der Waals surface area (Å²) in [7, 11) is 1.95. The number of likely N-dealkylation sites (N-methyl/N-ethyl adjacent to an activating group) is 1. The van der Waals surface area contributed by atoms with Gasteiger partial charge in [0.25, 0.3) is 0 Å². The van der Waals surface area contributed by atoms with Gasteiger partial charge in [0.15, 0.2) is 5.82 Å². The number of hydrogen-bond acceptors (Lipinski definition) is 5. The number of likely N-dealkylation sites (tertiary alicyclic amines) is 1. The number of nitrogens with zero attached hydrogens (tertiary/aromatic N) is 3. The number of nitrogens with one attached hydrogen (secondary N) is 1. The molecule has 1 N–H and O–H groups in total. The fourth-order valence-electron chi connectivity index (χ4n) is 2.29. The van der Waals surface area contributed by atoms with Crippen molar-refractivity contribution in [1.82, 2.24) is 20.4 Å². The zero-order valence-corrected chi connectivity index (χ0v) is 11.5. The molecule has 0 bridgehead atoms. The summed E-state index contributed by atoms with van der Waals surface area (Å²) in [5.74, 6) is 1.59. The van der Waals surface area contributed by atoms with Gasteiger partial charge in [-0.25, -0.2) is 0 Å². The lowest BCUT2D eigenvalue weighted by Gasteiger charge is -2.25. The molecule has 0 aliphatic carbocycles. The molecule has 1 aromatic heterocycles. The first-order valence-electron chi connectivity index (χ1n) is 6.99. The molecule has 1 unspecified atom stereocenters. The Balaban J connectivity index is 1.75. The molecule has 0 saturated carbocycles. The highest BCUT2D eigenvalue weighted by Crippen LogP contribution is 2.09. The van der Waals surface area contributed by atoms with Crippen LogP contribution in [0.1, 0.15) is 37.9 Å². The van der Waals surface area contributed by atoms with E-state index in [4.69, 9.17) is 4.52 Å². The van der Waals surface area contributed by atoms with Crippen LogP contribution in [-0.4, -0.2) is 47.8 Å². The second-order valence-electron chi connectivity index (χ2n) is 5.15. The first-order chi connectivity index (χ1) is 8.78. The predicted molar refractivity (Wildman–Crippen MR) is 70.5 cm³/mol. The number of aromatic nitrogens is 2. The molecule has 0 amide bonds. The molecule has 1 atom stereocenters. The molecule has 1 aromatic rings. The van der Waals surface area contributed by atoms with Crippen molar-refractivity contribution >= 4 is 0 Å². The molecule has 0 spiro atoms. The SMILES string of the molecule is CNC(C)Cc1noc(CCN2CCCCC2)n1. The first kappa shape index (κ1) is 13.5. The van der Waals surface area contributed by atoms with E-state index in [1.165, 1.54) is 32.4 Å². The largest absolute Gasteiger partial charge is 0.339 e. The van der Waals surface area contributed by atoms with Crippen LogP contribution in [0.3, 0.4) is 0 Å². The highest BCUT2D eigenvalue weighted by atomic mass is 16.5. The van der Waals surface area contributed by atoms with E-state index in [-0.39, 0.29) is 0 Å². The molecule has 1 aliphatic rings. The van der Waals surface area contributed by atoms with Crippen LogP contribution in [0.4, 0.5) is 0 Å². The molecule has 0 radical (unpaired) electrons. The second kappa shape index (κ2) is 6.85. The van der Waals surface area contributed by atoms with Gasteiger partial charge < -0.3 is 14.7 Å². The smallest absolute Gasteiger partial charge is 0.227 e. The van der Waals surface area contributed by atoms with E-state index in [0.29, 0.717) is 6.04 Å². The van der Waals surface area contributed by atoms with Crippen molar-refractivity contribution in [3.8, 4) is 0 Å². The van der Waals surface area contributed by atoms with Crippen LogP contribution in [0.2, 0.25) is 0 Å². The summed E-state index contributed by atoms with van der Waals surface area (Å²) in [5.41, 5.74) is 0. The summed E-state index contributed by atoms with van der Waals surface area (Å²) in [5, 5.41) is 7.20.